The van der Waals surface area contributed by atoms with E-state index in [2.05, 4.69) is 4.74 Å². The predicted octanol–water partition coefficient (Wildman–Crippen LogP) is 1.35. The van der Waals surface area contributed by atoms with E-state index in [1.54, 1.807) is 12.1 Å². The SMILES string of the molecule is COC(=O)CCC(N)c1cc(OC)ccc1O. The number of methoxy groups -OCH3 is 2. The Balaban J connectivity index is 2.73. The summed E-state index contributed by atoms with van der Waals surface area (Å²) in [5.74, 6) is 0.400. The lowest BCUT2D eigenvalue weighted by Gasteiger charge is -2.14. The fraction of sp³-hybridized carbons (Fsp3) is 0.417. The molecule has 0 heterocycles. The number of hydrogen-bond donors (Lipinski definition) is 2. The van der Waals surface area contributed by atoms with Crippen molar-refractivity contribution in [2.75, 3.05) is 14.2 Å². The van der Waals surface area contributed by atoms with Gasteiger partial charge in [-0.05, 0) is 24.6 Å². The molecule has 0 saturated carbocycles. The maximum absolute atomic E-state index is 11.0. The summed E-state index contributed by atoms with van der Waals surface area (Å²) in [5, 5.41) is 9.67. The van der Waals surface area contributed by atoms with Crippen molar-refractivity contribution >= 4 is 5.97 Å². The van der Waals surface area contributed by atoms with Crippen LogP contribution in [0.4, 0.5) is 0 Å². The summed E-state index contributed by atoms with van der Waals surface area (Å²) in [4.78, 5) is 11.0. The third-order valence-electron chi connectivity index (χ3n) is 2.52. The maximum Gasteiger partial charge on any atom is 0.305 e. The lowest BCUT2D eigenvalue weighted by Crippen LogP contribution is -2.13. The summed E-state index contributed by atoms with van der Waals surface area (Å²) in [5.41, 5.74) is 6.46. The Kier molecular flexibility index (Phi) is 4.78. The first-order valence-electron chi connectivity index (χ1n) is 5.27. The van der Waals surface area contributed by atoms with Gasteiger partial charge in [0.2, 0.25) is 0 Å². The van der Waals surface area contributed by atoms with Crippen LogP contribution in [0, 0.1) is 0 Å². The Bertz CT molecular complexity index is 392. The van der Waals surface area contributed by atoms with Gasteiger partial charge in [-0.15, -0.1) is 0 Å². The summed E-state index contributed by atoms with van der Waals surface area (Å²) in [6.07, 6.45) is 0.627. The lowest BCUT2D eigenvalue weighted by atomic mass is 10.0. The van der Waals surface area contributed by atoms with Crippen LogP contribution < -0.4 is 10.5 Å². The highest BCUT2D eigenvalue weighted by Gasteiger charge is 2.14. The molecule has 3 N–H and O–H groups in total. The largest absolute Gasteiger partial charge is 0.508 e. The molecule has 0 radical (unpaired) electrons. The molecule has 0 saturated heterocycles. The molecule has 0 fully saturated rings. The third-order valence-corrected chi connectivity index (χ3v) is 2.52. The number of phenolic OH excluding ortho intramolecular Hbond substituents is 1. The van der Waals surface area contributed by atoms with Crippen LogP contribution in [0.5, 0.6) is 11.5 Å². The van der Waals surface area contributed by atoms with Crippen LogP contribution in [0.1, 0.15) is 24.4 Å². The molecule has 0 amide bonds. The molecule has 0 spiro atoms. The van der Waals surface area contributed by atoms with Gasteiger partial charge < -0.3 is 20.3 Å². The number of phenols is 1. The van der Waals surface area contributed by atoms with Crippen molar-refractivity contribution in [2.24, 2.45) is 5.73 Å². The third kappa shape index (κ3) is 3.64. The highest BCUT2D eigenvalue weighted by atomic mass is 16.5. The van der Waals surface area contributed by atoms with E-state index in [0.717, 1.165) is 0 Å². The molecule has 0 aliphatic carbocycles. The van der Waals surface area contributed by atoms with E-state index < -0.39 is 6.04 Å². The summed E-state index contributed by atoms with van der Waals surface area (Å²) < 4.78 is 9.58. The van der Waals surface area contributed by atoms with Crippen LogP contribution in [0.3, 0.4) is 0 Å². The smallest absolute Gasteiger partial charge is 0.305 e. The van der Waals surface area contributed by atoms with Gasteiger partial charge >= 0.3 is 5.97 Å². The Morgan fingerprint density at radius 1 is 1.47 bits per heavy atom. The number of ether oxygens (including phenoxy) is 2. The number of rotatable bonds is 5. The van der Waals surface area contributed by atoms with Gasteiger partial charge in [-0.1, -0.05) is 0 Å². The monoisotopic (exact) mass is 239 g/mol. The van der Waals surface area contributed by atoms with E-state index in [4.69, 9.17) is 10.5 Å². The van der Waals surface area contributed by atoms with Crippen LogP contribution in [0.15, 0.2) is 18.2 Å². The van der Waals surface area contributed by atoms with Gasteiger partial charge in [0.25, 0.3) is 0 Å². The van der Waals surface area contributed by atoms with Crippen molar-refractivity contribution in [1.29, 1.82) is 0 Å². The molecule has 0 aliphatic heterocycles. The van der Waals surface area contributed by atoms with Gasteiger partial charge in [0.1, 0.15) is 11.5 Å². The lowest BCUT2D eigenvalue weighted by molar-refractivity contribution is -0.140. The van der Waals surface area contributed by atoms with Crippen LogP contribution in [-0.4, -0.2) is 25.3 Å². The van der Waals surface area contributed by atoms with Crippen molar-refractivity contribution < 1.29 is 19.4 Å². The topological polar surface area (TPSA) is 81.8 Å². The number of nitrogens with two attached hydrogens (primary N) is 1. The van der Waals surface area contributed by atoms with Crippen LogP contribution in [-0.2, 0) is 9.53 Å². The molecule has 1 aromatic rings. The average molecular weight is 239 g/mol. The van der Waals surface area contributed by atoms with E-state index in [-0.39, 0.29) is 18.1 Å². The molecule has 5 nitrogen and oxygen atoms in total. The summed E-state index contributed by atoms with van der Waals surface area (Å²) in [6.45, 7) is 0. The second-order valence-electron chi connectivity index (χ2n) is 3.65. The van der Waals surface area contributed by atoms with Gasteiger partial charge in [-0.2, -0.15) is 0 Å². The minimum Gasteiger partial charge on any atom is -0.508 e. The molecule has 0 aromatic heterocycles. The summed E-state index contributed by atoms with van der Waals surface area (Å²) >= 11 is 0. The molecule has 5 heteroatoms. The maximum atomic E-state index is 11.0. The minimum absolute atomic E-state index is 0.100. The molecule has 1 rings (SSSR count). The van der Waals surface area contributed by atoms with E-state index in [1.807, 2.05) is 0 Å². The number of hydrogen-bond acceptors (Lipinski definition) is 5. The van der Waals surface area contributed by atoms with Gasteiger partial charge in [0.15, 0.2) is 0 Å². The highest BCUT2D eigenvalue weighted by Crippen LogP contribution is 2.29. The van der Waals surface area contributed by atoms with Crippen molar-refractivity contribution in [3.05, 3.63) is 23.8 Å². The molecular weight excluding hydrogens is 222 g/mol. The molecule has 0 bridgehead atoms. The highest BCUT2D eigenvalue weighted by molar-refractivity contribution is 5.69. The van der Waals surface area contributed by atoms with Gasteiger partial charge in [0.05, 0.1) is 14.2 Å². The van der Waals surface area contributed by atoms with Crippen LogP contribution >= 0.6 is 0 Å². The fourth-order valence-corrected chi connectivity index (χ4v) is 1.49. The molecule has 17 heavy (non-hydrogen) atoms. The second kappa shape index (κ2) is 6.10. The normalized spacial score (nSPS) is 11.9. The van der Waals surface area contributed by atoms with Crippen LogP contribution in [0.2, 0.25) is 0 Å². The summed E-state index contributed by atoms with van der Waals surface area (Å²) in [7, 11) is 2.87. The standard InChI is InChI=1S/C12H17NO4/c1-16-8-3-5-11(14)9(7-8)10(13)4-6-12(15)17-2/h3,5,7,10,14H,4,6,13H2,1-2H3. The number of aromatic hydroxyl groups is 1. The minimum atomic E-state index is -0.427. The van der Waals surface area contributed by atoms with E-state index in [1.165, 1.54) is 20.3 Å². The second-order valence-corrected chi connectivity index (χ2v) is 3.65. The first kappa shape index (κ1) is 13.3. The van der Waals surface area contributed by atoms with Gasteiger partial charge in [-0.25, -0.2) is 0 Å². The van der Waals surface area contributed by atoms with Crippen molar-refractivity contribution in [2.45, 2.75) is 18.9 Å². The van der Waals surface area contributed by atoms with E-state index in [0.29, 0.717) is 17.7 Å². The number of benzene rings is 1. The van der Waals surface area contributed by atoms with E-state index >= 15 is 0 Å². The van der Waals surface area contributed by atoms with Crippen molar-refractivity contribution in [3.63, 3.8) is 0 Å². The molecule has 1 atom stereocenters. The first-order valence-corrected chi connectivity index (χ1v) is 5.27. The molecule has 0 aliphatic rings. The Morgan fingerprint density at radius 2 is 2.18 bits per heavy atom. The molecule has 1 unspecified atom stereocenters. The number of carbonyl (C=O) groups excluding carboxylic acids is 1. The van der Waals surface area contributed by atoms with Crippen LogP contribution in [0.25, 0.3) is 0 Å². The van der Waals surface area contributed by atoms with E-state index in [9.17, 15) is 9.90 Å². The Hall–Kier alpha value is -1.75. The average Bonchev–Trinajstić information content (AvgIpc) is 2.36. The van der Waals surface area contributed by atoms with Gasteiger partial charge in [0, 0.05) is 18.0 Å². The molecule has 94 valence electrons. The van der Waals surface area contributed by atoms with Crippen molar-refractivity contribution in [1.82, 2.24) is 0 Å². The quantitative estimate of drug-likeness (QED) is 0.758. The first-order chi connectivity index (χ1) is 8.08. The fourth-order valence-electron chi connectivity index (χ4n) is 1.49. The summed E-state index contributed by atoms with van der Waals surface area (Å²) in [6, 6.07) is 4.40. The van der Waals surface area contributed by atoms with Gasteiger partial charge in [-0.3, -0.25) is 4.79 Å². The Morgan fingerprint density at radius 3 is 2.76 bits per heavy atom. The molecular formula is C12H17NO4. The predicted molar refractivity (Wildman–Crippen MR) is 62.8 cm³/mol. The van der Waals surface area contributed by atoms with Crippen molar-refractivity contribution in [3.8, 4) is 11.5 Å². The molecule has 1 aromatic carbocycles. The Labute approximate surface area is 100 Å². The number of carbonyl (C=O) groups is 1. The zero-order chi connectivity index (χ0) is 12.8. The zero-order valence-corrected chi connectivity index (χ0v) is 9.97. The zero-order valence-electron chi connectivity index (χ0n) is 9.97. The number of esters is 1.